The molecule has 0 radical (unpaired) electrons. The van der Waals surface area contributed by atoms with Crippen LogP contribution in [0.3, 0.4) is 0 Å². The molecule has 2 aromatic heterocycles. The first kappa shape index (κ1) is 16.7. The summed E-state index contributed by atoms with van der Waals surface area (Å²) in [5, 5.41) is 3.22. The molecule has 25 heavy (non-hydrogen) atoms. The second-order valence-electron chi connectivity index (χ2n) is 5.35. The number of aromatic nitrogens is 2. The van der Waals surface area contributed by atoms with Gasteiger partial charge in [0.05, 0.1) is 17.0 Å². The molecular formula is C16H13F3N4O2. The topological polar surface area (TPSA) is 94.0 Å². The molecular weight excluding hydrogens is 337 g/mol. The van der Waals surface area contributed by atoms with Gasteiger partial charge in [0.1, 0.15) is 23.6 Å². The van der Waals surface area contributed by atoms with Gasteiger partial charge < -0.3 is 15.5 Å². The maximum atomic E-state index is 14.3. The van der Waals surface area contributed by atoms with E-state index >= 15 is 0 Å². The Morgan fingerprint density at radius 2 is 1.96 bits per heavy atom. The molecule has 3 rings (SSSR count). The zero-order chi connectivity index (χ0) is 18.1. The van der Waals surface area contributed by atoms with Crippen molar-refractivity contribution < 1.29 is 17.6 Å². The fourth-order valence-electron chi connectivity index (χ4n) is 2.42. The molecule has 6 nitrogen and oxygen atoms in total. The third kappa shape index (κ3) is 3.12. The lowest BCUT2D eigenvalue weighted by atomic mass is 10.0. The lowest BCUT2D eigenvalue weighted by molar-refractivity contribution is 0.146. The number of alkyl halides is 2. The van der Waals surface area contributed by atoms with Crippen LogP contribution in [-0.2, 0) is 0 Å². The lowest BCUT2D eigenvalue weighted by Gasteiger charge is -2.17. The van der Waals surface area contributed by atoms with E-state index in [0.717, 1.165) is 12.4 Å². The number of nitrogens with one attached hydrogen (secondary N) is 1. The molecule has 0 amide bonds. The summed E-state index contributed by atoms with van der Waals surface area (Å²) in [6.07, 6.45) is -1.76. The van der Waals surface area contributed by atoms with E-state index in [9.17, 15) is 18.0 Å². The molecule has 3 aromatic rings. The zero-order valence-electron chi connectivity index (χ0n) is 13.0. The number of rotatable bonds is 4. The summed E-state index contributed by atoms with van der Waals surface area (Å²) in [7, 11) is 0. The Morgan fingerprint density at radius 1 is 1.24 bits per heavy atom. The highest BCUT2D eigenvalue weighted by Gasteiger charge is 2.20. The van der Waals surface area contributed by atoms with E-state index in [-0.39, 0.29) is 22.8 Å². The van der Waals surface area contributed by atoms with Crippen molar-refractivity contribution in [2.45, 2.75) is 19.4 Å². The van der Waals surface area contributed by atoms with E-state index in [4.69, 9.17) is 10.2 Å². The summed E-state index contributed by atoms with van der Waals surface area (Å²) in [6, 6.07) is 4.43. The Morgan fingerprint density at radius 3 is 2.68 bits per heavy atom. The van der Waals surface area contributed by atoms with E-state index in [1.807, 2.05) is 0 Å². The second kappa shape index (κ2) is 6.42. The standard InChI is InChI=1S/C16H13F3N4O2/c1-7(8-3-2-4-9(12(8)17)13(18)19)23-14-10-5-11(20)16(24)25-15(10)22-6-21-14/h2-7,13H,20H2,1H3,(H,21,22,23)/t7-/m1/s1. The van der Waals surface area contributed by atoms with Gasteiger partial charge in [0, 0.05) is 5.56 Å². The van der Waals surface area contributed by atoms with Crippen molar-refractivity contribution in [2.24, 2.45) is 0 Å². The van der Waals surface area contributed by atoms with Gasteiger partial charge in [-0.15, -0.1) is 0 Å². The maximum Gasteiger partial charge on any atom is 0.360 e. The summed E-state index contributed by atoms with van der Waals surface area (Å²) in [5.74, 6) is -0.753. The van der Waals surface area contributed by atoms with Crippen LogP contribution >= 0.6 is 0 Å². The van der Waals surface area contributed by atoms with Gasteiger partial charge in [-0.25, -0.2) is 27.9 Å². The Hall–Kier alpha value is -3.10. The average Bonchev–Trinajstić information content (AvgIpc) is 2.56. The van der Waals surface area contributed by atoms with Crippen molar-refractivity contribution in [3.63, 3.8) is 0 Å². The number of halogens is 3. The maximum absolute atomic E-state index is 14.3. The normalized spacial score (nSPS) is 12.5. The minimum atomic E-state index is -2.92. The minimum absolute atomic E-state index is 0.00528. The largest absolute Gasteiger partial charge is 0.402 e. The van der Waals surface area contributed by atoms with Gasteiger partial charge in [-0.1, -0.05) is 18.2 Å². The number of fused-ring (bicyclic) bond motifs is 1. The summed E-state index contributed by atoms with van der Waals surface area (Å²) in [6.45, 7) is 1.59. The third-order valence-corrected chi connectivity index (χ3v) is 3.69. The summed E-state index contributed by atoms with van der Waals surface area (Å²) < 4.78 is 44.9. The molecule has 0 aliphatic heterocycles. The first-order chi connectivity index (χ1) is 11.9. The highest BCUT2D eigenvalue weighted by atomic mass is 19.3. The van der Waals surface area contributed by atoms with Gasteiger partial charge in [0.15, 0.2) is 0 Å². The molecule has 0 unspecified atom stereocenters. The average molecular weight is 350 g/mol. The molecule has 0 aliphatic rings. The molecule has 0 aliphatic carbocycles. The molecule has 0 bridgehead atoms. The van der Waals surface area contributed by atoms with Gasteiger partial charge in [-0.2, -0.15) is 0 Å². The predicted octanol–water partition coefficient (Wildman–Crippen LogP) is 3.42. The fraction of sp³-hybridized carbons (Fsp3) is 0.188. The second-order valence-corrected chi connectivity index (χ2v) is 5.35. The predicted molar refractivity (Wildman–Crippen MR) is 85.9 cm³/mol. The Balaban J connectivity index is 2.01. The number of nitrogen functional groups attached to an aromatic ring is 1. The van der Waals surface area contributed by atoms with Crippen LogP contribution in [0.5, 0.6) is 0 Å². The lowest BCUT2D eigenvalue weighted by Crippen LogP contribution is -2.13. The fourth-order valence-corrected chi connectivity index (χ4v) is 2.42. The first-order valence-corrected chi connectivity index (χ1v) is 7.25. The van der Waals surface area contributed by atoms with Crippen molar-refractivity contribution in [3.05, 3.63) is 58.0 Å². The van der Waals surface area contributed by atoms with Crippen molar-refractivity contribution in [3.8, 4) is 0 Å². The highest BCUT2D eigenvalue weighted by Crippen LogP contribution is 2.30. The van der Waals surface area contributed by atoms with E-state index in [2.05, 4.69) is 15.3 Å². The van der Waals surface area contributed by atoms with E-state index in [0.29, 0.717) is 5.39 Å². The SMILES string of the molecule is C[C@@H](Nc1ncnc2oc(=O)c(N)cc12)c1cccc(C(F)F)c1F. The molecule has 2 heterocycles. The van der Waals surface area contributed by atoms with Gasteiger partial charge in [0.2, 0.25) is 5.71 Å². The van der Waals surface area contributed by atoms with Crippen molar-refractivity contribution in [1.29, 1.82) is 0 Å². The number of nitrogens with zero attached hydrogens (tertiary/aromatic N) is 2. The van der Waals surface area contributed by atoms with Gasteiger partial charge in [-0.3, -0.25) is 0 Å². The van der Waals surface area contributed by atoms with Crippen LogP contribution in [-0.4, -0.2) is 9.97 Å². The molecule has 3 N–H and O–H groups in total. The van der Waals surface area contributed by atoms with Crippen molar-refractivity contribution in [2.75, 3.05) is 11.1 Å². The van der Waals surface area contributed by atoms with Crippen LogP contribution < -0.4 is 16.7 Å². The zero-order valence-corrected chi connectivity index (χ0v) is 13.0. The van der Waals surface area contributed by atoms with Crippen molar-refractivity contribution >= 4 is 22.6 Å². The van der Waals surface area contributed by atoms with Crippen LogP contribution in [0.1, 0.15) is 30.5 Å². The Bertz CT molecular complexity index is 991. The van der Waals surface area contributed by atoms with E-state index in [1.165, 1.54) is 18.2 Å². The number of benzene rings is 1. The van der Waals surface area contributed by atoms with Crippen LogP contribution in [0.4, 0.5) is 24.7 Å². The molecule has 9 heteroatoms. The molecule has 0 spiro atoms. The number of anilines is 2. The van der Waals surface area contributed by atoms with Crippen LogP contribution in [0.25, 0.3) is 11.1 Å². The Kier molecular flexibility index (Phi) is 4.30. The molecule has 0 saturated carbocycles. The van der Waals surface area contributed by atoms with Gasteiger partial charge >= 0.3 is 5.63 Å². The quantitative estimate of drug-likeness (QED) is 0.749. The smallest absolute Gasteiger partial charge is 0.360 e. The molecule has 0 saturated heterocycles. The third-order valence-electron chi connectivity index (χ3n) is 3.69. The molecule has 1 atom stereocenters. The van der Waals surface area contributed by atoms with E-state index in [1.54, 1.807) is 6.92 Å². The van der Waals surface area contributed by atoms with Crippen LogP contribution in [0.15, 0.2) is 39.8 Å². The number of hydrogen-bond donors (Lipinski definition) is 2. The summed E-state index contributed by atoms with van der Waals surface area (Å²) in [5.41, 5.74) is 4.05. The number of hydrogen-bond acceptors (Lipinski definition) is 6. The van der Waals surface area contributed by atoms with Crippen LogP contribution in [0, 0.1) is 5.82 Å². The molecule has 130 valence electrons. The van der Waals surface area contributed by atoms with Gasteiger partial charge in [-0.05, 0) is 13.0 Å². The molecule has 0 fully saturated rings. The highest BCUT2D eigenvalue weighted by molar-refractivity contribution is 5.86. The van der Waals surface area contributed by atoms with Gasteiger partial charge in [0.25, 0.3) is 6.43 Å². The Labute approximate surface area is 139 Å². The van der Waals surface area contributed by atoms with Crippen LogP contribution in [0.2, 0.25) is 0 Å². The number of nitrogens with two attached hydrogens (primary N) is 1. The van der Waals surface area contributed by atoms with Crippen molar-refractivity contribution in [1.82, 2.24) is 9.97 Å². The molecule has 1 aromatic carbocycles. The minimum Gasteiger partial charge on any atom is -0.402 e. The first-order valence-electron chi connectivity index (χ1n) is 7.25. The summed E-state index contributed by atoms with van der Waals surface area (Å²) in [4.78, 5) is 19.3. The summed E-state index contributed by atoms with van der Waals surface area (Å²) >= 11 is 0. The monoisotopic (exact) mass is 350 g/mol. The van der Waals surface area contributed by atoms with E-state index < -0.39 is 29.5 Å².